The molecular formula is C30H32ClF4N3O4S. The first kappa shape index (κ1) is 33.9. The van der Waals surface area contributed by atoms with Crippen LogP contribution in [0.25, 0.3) is 0 Å². The monoisotopic (exact) mass is 641 g/mol. The van der Waals surface area contributed by atoms with Gasteiger partial charge in [-0.1, -0.05) is 60.1 Å². The Hall–Kier alpha value is -3.64. The van der Waals surface area contributed by atoms with E-state index < -0.39 is 69.8 Å². The topological polar surface area (TPSA) is 86.8 Å². The summed E-state index contributed by atoms with van der Waals surface area (Å²) in [7, 11) is -4.39. The Morgan fingerprint density at radius 2 is 1.56 bits per heavy atom. The first-order valence-electron chi connectivity index (χ1n) is 13.1. The summed E-state index contributed by atoms with van der Waals surface area (Å²) < 4.78 is 81.5. The predicted molar refractivity (Wildman–Crippen MR) is 157 cm³/mol. The van der Waals surface area contributed by atoms with Crippen molar-refractivity contribution in [3.8, 4) is 0 Å². The quantitative estimate of drug-likeness (QED) is 0.283. The zero-order chi connectivity index (χ0) is 32.2. The van der Waals surface area contributed by atoms with Crippen molar-refractivity contribution in [2.75, 3.05) is 17.1 Å². The van der Waals surface area contributed by atoms with Gasteiger partial charge >= 0.3 is 6.18 Å². The number of rotatable bonds is 10. The van der Waals surface area contributed by atoms with Crippen LogP contribution in [0.3, 0.4) is 0 Å². The van der Waals surface area contributed by atoms with Crippen LogP contribution in [0.15, 0.2) is 72.8 Å². The molecule has 13 heteroatoms. The Morgan fingerprint density at radius 3 is 2.12 bits per heavy atom. The number of anilines is 1. The summed E-state index contributed by atoms with van der Waals surface area (Å²) in [6, 6.07) is 15.1. The molecule has 0 fully saturated rings. The molecule has 0 bridgehead atoms. The van der Waals surface area contributed by atoms with E-state index in [1.807, 2.05) is 0 Å². The van der Waals surface area contributed by atoms with Crippen molar-refractivity contribution < 1.29 is 35.6 Å². The minimum Gasteiger partial charge on any atom is -0.350 e. The van der Waals surface area contributed by atoms with Crippen molar-refractivity contribution in [1.29, 1.82) is 0 Å². The summed E-state index contributed by atoms with van der Waals surface area (Å²) in [6.45, 7) is 3.74. The molecule has 0 heterocycles. The molecule has 0 unspecified atom stereocenters. The summed E-state index contributed by atoms with van der Waals surface area (Å²) in [4.78, 5) is 28.7. The molecule has 0 saturated heterocycles. The lowest BCUT2D eigenvalue weighted by molar-refractivity contribution is -0.140. The first-order valence-corrected chi connectivity index (χ1v) is 15.3. The van der Waals surface area contributed by atoms with E-state index in [9.17, 15) is 35.6 Å². The summed E-state index contributed by atoms with van der Waals surface area (Å²) in [5, 5.41) is 2.47. The predicted octanol–water partition coefficient (Wildman–Crippen LogP) is 5.82. The van der Waals surface area contributed by atoms with Gasteiger partial charge in [-0.05, 0) is 50.6 Å². The summed E-state index contributed by atoms with van der Waals surface area (Å²) in [5.41, 5.74) is -1.78. The average molecular weight is 642 g/mol. The summed E-state index contributed by atoms with van der Waals surface area (Å²) >= 11 is 6.14. The van der Waals surface area contributed by atoms with Crippen LogP contribution in [0, 0.1) is 5.82 Å². The number of amides is 2. The zero-order valence-electron chi connectivity index (χ0n) is 24.0. The van der Waals surface area contributed by atoms with E-state index >= 15 is 0 Å². The van der Waals surface area contributed by atoms with E-state index in [1.165, 1.54) is 24.3 Å². The fourth-order valence-electron chi connectivity index (χ4n) is 4.29. The SMILES string of the molecule is CC(C)(C)NC(=O)[C@@H](Cc1ccccc1)N(Cc1ccccc1F)C(=O)CN(c1cc(C(F)(F)F)ccc1Cl)S(C)(=O)=O. The Kier molecular flexibility index (Phi) is 10.5. The number of benzene rings is 3. The second-order valence-corrected chi connectivity index (χ2v) is 13.3. The molecule has 0 radical (unpaired) electrons. The largest absolute Gasteiger partial charge is 0.416 e. The standard InChI is InChI=1S/C30H32ClF4N3O4S/c1-29(2,3)36-28(40)26(16-20-10-6-5-7-11-20)37(18-21-12-8-9-13-24(21)32)27(39)19-38(43(4,41)42)25-17-22(30(33,34)35)14-15-23(25)31/h5-15,17,26H,16,18-19H2,1-4H3,(H,36,40)/t26-/m1/s1. The number of halogens is 5. The molecule has 232 valence electrons. The van der Waals surface area contributed by atoms with Gasteiger partial charge in [0, 0.05) is 24.1 Å². The minimum absolute atomic E-state index is 0.0217. The maximum absolute atomic E-state index is 14.8. The van der Waals surface area contributed by atoms with Gasteiger partial charge in [-0.15, -0.1) is 0 Å². The molecule has 0 aliphatic carbocycles. The van der Waals surface area contributed by atoms with Gasteiger partial charge in [0.25, 0.3) is 0 Å². The Balaban J connectivity index is 2.14. The molecule has 0 aromatic heterocycles. The van der Waals surface area contributed by atoms with E-state index in [1.54, 1.807) is 51.1 Å². The minimum atomic E-state index is -4.82. The highest BCUT2D eigenvalue weighted by molar-refractivity contribution is 7.92. The van der Waals surface area contributed by atoms with Gasteiger partial charge in [0.15, 0.2) is 0 Å². The lowest BCUT2D eigenvalue weighted by Crippen LogP contribution is -2.56. The highest BCUT2D eigenvalue weighted by Gasteiger charge is 2.36. The molecule has 0 aliphatic rings. The molecule has 3 aromatic rings. The summed E-state index contributed by atoms with van der Waals surface area (Å²) in [6.07, 6.45) is -4.13. The highest BCUT2D eigenvalue weighted by Crippen LogP contribution is 2.36. The molecule has 3 aromatic carbocycles. The van der Waals surface area contributed by atoms with Crippen LogP contribution in [-0.4, -0.2) is 49.5 Å². The molecule has 1 atom stereocenters. The van der Waals surface area contributed by atoms with E-state index in [0.29, 0.717) is 28.3 Å². The second kappa shape index (κ2) is 13.3. The fraction of sp³-hybridized carbons (Fsp3) is 0.333. The first-order chi connectivity index (χ1) is 19.9. The van der Waals surface area contributed by atoms with E-state index in [-0.39, 0.29) is 17.0 Å². The maximum Gasteiger partial charge on any atom is 0.416 e. The number of nitrogens with one attached hydrogen (secondary N) is 1. The third kappa shape index (κ3) is 9.42. The summed E-state index contributed by atoms with van der Waals surface area (Å²) in [5.74, 6) is -2.23. The molecular weight excluding hydrogens is 610 g/mol. The number of alkyl halides is 3. The van der Waals surface area contributed by atoms with Crippen LogP contribution in [0.2, 0.25) is 5.02 Å². The maximum atomic E-state index is 14.8. The van der Waals surface area contributed by atoms with Crippen LogP contribution in [0.1, 0.15) is 37.5 Å². The Morgan fingerprint density at radius 1 is 0.953 bits per heavy atom. The average Bonchev–Trinajstić information content (AvgIpc) is 2.89. The molecule has 2 amide bonds. The normalized spacial score (nSPS) is 12.9. The number of hydrogen-bond acceptors (Lipinski definition) is 4. The van der Waals surface area contributed by atoms with Crippen molar-refractivity contribution in [2.45, 2.75) is 51.5 Å². The molecule has 3 rings (SSSR count). The van der Waals surface area contributed by atoms with Crippen LogP contribution in [-0.2, 0) is 38.8 Å². The molecule has 0 spiro atoms. The molecule has 7 nitrogen and oxygen atoms in total. The molecule has 0 saturated carbocycles. The number of sulfonamides is 1. The number of hydrogen-bond donors (Lipinski definition) is 1. The lowest BCUT2D eigenvalue weighted by atomic mass is 10.0. The Labute approximate surface area is 253 Å². The highest BCUT2D eigenvalue weighted by atomic mass is 35.5. The van der Waals surface area contributed by atoms with Crippen LogP contribution >= 0.6 is 11.6 Å². The van der Waals surface area contributed by atoms with Gasteiger partial charge in [0.1, 0.15) is 18.4 Å². The number of carbonyl (C=O) groups is 2. The van der Waals surface area contributed by atoms with Crippen molar-refractivity contribution >= 4 is 39.1 Å². The smallest absolute Gasteiger partial charge is 0.350 e. The molecule has 1 N–H and O–H groups in total. The van der Waals surface area contributed by atoms with Gasteiger partial charge in [-0.25, -0.2) is 12.8 Å². The Bertz CT molecular complexity index is 1560. The molecule has 43 heavy (non-hydrogen) atoms. The zero-order valence-corrected chi connectivity index (χ0v) is 25.5. The van der Waals surface area contributed by atoms with E-state index in [4.69, 9.17) is 11.6 Å². The third-order valence-electron chi connectivity index (χ3n) is 6.29. The second-order valence-electron chi connectivity index (χ2n) is 11.0. The van der Waals surface area contributed by atoms with Gasteiger partial charge in [0.2, 0.25) is 21.8 Å². The third-order valence-corrected chi connectivity index (χ3v) is 7.74. The van der Waals surface area contributed by atoms with Gasteiger partial charge in [-0.2, -0.15) is 13.2 Å². The van der Waals surface area contributed by atoms with Gasteiger partial charge in [0.05, 0.1) is 22.5 Å². The van der Waals surface area contributed by atoms with Crippen molar-refractivity contribution in [2.24, 2.45) is 0 Å². The van der Waals surface area contributed by atoms with E-state index in [2.05, 4.69) is 5.32 Å². The van der Waals surface area contributed by atoms with Crippen LogP contribution in [0.4, 0.5) is 23.2 Å². The van der Waals surface area contributed by atoms with Crippen LogP contribution < -0.4 is 9.62 Å². The van der Waals surface area contributed by atoms with E-state index in [0.717, 1.165) is 11.0 Å². The van der Waals surface area contributed by atoms with Crippen LogP contribution in [0.5, 0.6) is 0 Å². The van der Waals surface area contributed by atoms with Gasteiger partial charge < -0.3 is 10.2 Å². The van der Waals surface area contributed by atoms with Crippen molar-refractivity contribution in [1.82, 2.24) is 10.2 Å². The van der Waals surface area contributed by atoms with Gasteiger partial charge in [-0.3, -0.25) is 13.9 Å². The lowest BCUT2D eigenvalue weighted by Gasteiger charge is -2.35. The van der Waals surface area contributed by atoms with Crippen molar-refractivity contribution in [3.63, 3.8) is 0 Å². The number of carbonyl (C=O) groups excluding carboxylic acids is 2. The van der Waals surface area contributed by atoms with Crippen molar-refractivity contribution in [3.05, 3.63) is 100 Å². The molecule has 0 aliphatic heterocycles. The number of nitrogens with zero attached hydrogens (tertiary/aromatic N) is 2. The fourth-order valence-corrected chi connectivity index (χ4v) is 5.41.